The number of fused-ring (bicyclic) bond motifs is 1. The van der Waals surface area contributed by atoms with E-state index in [9.17, 15) is 14.9 Å². The Balaban J connectivity index is 1.59. The molecule has 3 heterocycles. The molecule has 1 N–H and O–H groups in total. The summed E-state index contributed by atoms with van der Waals surface area (Å²) in [5.41, 5.74) is 0.0242. The van der Waals surface area contributed by atoms with Crippen molar-refractivity contribution in [1.82, 2.24) is 14.9 Å². The zero-order valence-electron chi connectivity index (χ0n) is 16.1. The maximum atomic E-state index is 13.2. The van der Waals surface area contributed by atoms with Crippen molar-refractivity contribution in [2.24, 2.45) is 5.92 Å². The number of carbonyl (C=O) groups is 1. The van der Waals surface area contributed by atoms with Crippen LogP contribution in [0.5, 0.6) is 0 Å². The third kappa shape index (κ3) is 3.84. The Labute approximate surface area is 180 Å². The monoisotopic (exact) mass is 444 g/mol. The van der Waals surface area contributed by atoms with Gasteiger partial charge >= 0.3 is 0 Å². The second-order valence-electron chi connectivity index (χ2n) is 7.18. The number of thioether (sulfide) groups is 1. The van der Waals surface area contributed by atoms with Crippen molar-refractivity contribution in [3.63, 3.8) is 0 Å². The molecular formula is C20H20N4O2S3. The molecule has 3 aromatic rings. The molecule has 1 saturated carbocycles. The third-order valence-corrected chi connectivity index (χ3v) is 7.87. The number of nitriles is 1. The Hall–Kier alpha value is -2.15. The molecule has 6 nitrogen and oxygen atoms in total. The standard InChI is InChI=1S/C20H20N4O2S3/c1-3-24-18(26)16-13(14-5-4-8-27-14)9-28-17(16)22-19(24)29-10-15(25)23-20(2,11-21)12-6-7-12/h4-5,8-9,12H,3,6-7,10H2,1-2H3,(H,23,25). The topological polar surface area (TPSA) is 87.8 Å². The zero-order chi connectivity index (χ0) is 20.6. The smallest absolute Gasteiger partial charge is 0.263 e. The van der Waals surface area contributed by atoms with Gasteiger partial charge in [0.2, 0.25) is 5.91 Å². The highest BCUT2D eigenvalue weighted by atomic mass is 32.2. The molecule has 0 spiro atoms. The van der Waals surface area contributed by atoms with E-state index in [1.165, 1.54) is 23.1 Å². The van der Waals surface area contributed by atoms with E-state index in [1.807, 2.05) is 29.8 Å². The van der Waals surface area contributed by atoms with E-state index in [-0.39, 0.29) is 23.1 Å². The van der Waals surface area contributed by atoms with Gasteiger partial charge in [0.15, 0.2) is 5.16 Å². The highest BCUT2D eigenvalue weighted by Gasteiger charge is 2.43. The number of hydrogen-bond donors (Lipinski definition) is 1. The van der Waals surface area contributed by atoms with Crippen molar-refractivity contribution < 1.29 is 4.79 Å². The maximum Gasteiger partial charge on any atom is 0.263 e. The molecule has 1 aliphatic carbocycles. The van der Waals surface area contributed by atoms with E-state index in [1.54, 1.807) is 22.8 Å². The summed E-state index contributed by atoms with van der Waals surface area (Å²) in [6.45, 7) is 4.15. The lowest BCUT2D eigenvalue weighted by atomic mass is 9.98. The van der Waals surface area contributed by atoms with E-state index in [0.717, 1.165) is 23.3 Å². The number of nitrogens with zero attached hydrogens (tertiary/aromatic N) is 3. The van der Waals surface area contributed by atoms with Gasteiger partial charge in [-0.3, -0.25) is 14.2 Å². The van der Waals surface area contributed by atoms with Crippen LogP contribution in [0.2, 0.25) is 0 Å². The van der Waals surface area contributed by atoms with Crippen LogP contribution in [0.1, 0.15) is 26.7 Å². The van der Waals surface area contributed by atoms with E-state index >= 15 is 0 Å². The first kappa shape index (κ1) is 20.1. The quantitative estimate of drug-likeness (QED) is 0.438. The molecule has 1 aliphatic rings. The van der Waals surface area contributed by atoms with Crippen LogP contribution in [0.4, 0.5) is 0 Å². The van der Waals surface area contributed by atoms with Gasteiger partial charge in [-0.05, 0) is 44.1 Å². The lowest BCUT2D eigenvalue weighted by Gasteiger charge is -2.22. The average molecular weight is 445 g/mol. The second kappa shape index (κ2) is 7.94. The molecule has 29 heavy (non-hydrogen) atoms. The number of thiophene rings is 2. The Morgan fingerprint density at radius 2 is 2.28 bits per heavy atom. The molecule has 150 valence electrons. The summed E-state index contributed by atoms with van der Waals surface area (Å²) in [6, 6.07) is 6.20. The zero-order valence-corrected chi connectivity index (χ0v) is 18.5. The fourth-order valence-corrected chi connectivity index (χ4v) is 6.01. The maximum absolute atomic E-state index is 13.2. The molecule has 1 unspecified atom stereocenters. The summed E-state index contributed by atoms with van der Waals surface area (Å²) in [5, 5.41) is 17.4. The molecule has 1 atom stereocenters. The molecule has 0 aliphatic heterocycles. The van der Waals surface area contributed by atoms with Crippen molar-refractivity contribution >= 4 is 50.6 Å². The SMILES string of the molecule is CCn1c(SCC(=O)NC(C)(C#N)C2CC2)nc2scc(-c3cccs3)c2c1=O. The highest BCUT2D eigenvalue weighted by molar-refractivity contribution is 7.99. The fourth-order valence-electron chi connectivity index (χ4n) is 3.35. The average Bonchev–Trinajstić information content (AvgIpc) is 3.27. The summed E-state index contributed by atoms with van der Waals surface area (Å²) >= 11 is 4.28. The van der Waals surface area contributed by atoms with Crippen LogP contribution in [0, 0.1) is 17.2 Å². The van der Waals surface area contributed by atoms with Gasteiger partial charge < -0.3 is 5.32 Å². The largest absolute Gasteiger partial charge is 0.337 e. The summed E-state index contributed by atoms with van der Waals surface area (Å²) < 4.78 is 1.62. The molecule has 9 heteroatoms. The number of nitrogens with one attached hydrogen (secondary N) is 1. The minimum atomic E-state index is -0.817. The van der Waals surface area contributed by atoms with Gasteiger partial charge in [0.05, 0.1) is 17.2 Å². The van der Waals surface area contributed by atoms with Gasteiger partial charge in [0, 0.05) is 22.4 Å². The van der Waals surface area contributed by atoms with E-state index < -0.39 is 5.54 Å². The predicted molar refractivity (Wildman–Crippen MR) is 118 cm³/mol. The first-order chi connectivity index (χ1) is 14.0. The fraction of sp³-hybridized carbons (Fsp3) is 0.400. The van der Waals surface area contributed by atoms with Gasteiger partial charge in [-0.2, -0.15) is 5.26 Å². The van der Waals surface area contributed by atoms with Crippen LogP contribution < -0.4 is 10.9 Å². The summed E-state index contributed by atoms with van der Waals surface area (Å²) in [7, 11) is 0. The van der Waals surface area contributed by atoms with Gasteiger partial charge in [0.25, 0.3) is 5.56 Å². The molecule has 0 radical (unpaired) electrons. The van der Waals surface area contributed by atoms with Crippen LogP contribution >= 0.6 is 34.4 Å². The Morgan fingerprint density at radius 3 is 2.90 bits per heavy atom. The normalized spacial score (nSPS) is 15.8. The lowest BCUT2D eigenvalue weighted by Crippen LogP contribution is -2.47. The predicted octanol–water partition coefficient (Wildman–Crippen LogP) is 4.11. The molecule has 3 aromatic heterocycles. The summed E-state index contributed by atoms with van der Waals surface area (Å²) in [4.78, 5) is 32.0. The number of rotatable bonds is 7. The van der Waals surface area contributed by atoms with Crippen molar-refractivity contribution in [3.8, 4) is 16.5 Å². The van der Waals surface area contributed by atoms with Crippen molar-refractivity contribution in [1.29, 1.82) is 5.26 Å². The van der Waals surface area contributed by atoms with Crippen LogP contribution in [-0.4, -0.2) is 26.8 Å². The minimum absolute atomic E-state index is 0.0788. The Bertz CT molecular complexity index is 1160. The molecule has 0 saturated heterocycles. The first-order valence-corrected chi connectivity index (χ1v) is 12.1. The van der Waals surface area contributed by atoms with Gasteiger partial charge in [-0.25, -0.2) is 4.98 Å². The van der Waals surface area contributed by atoms with Crippen molar-refractivity contribution in [3.05, 3.63) is 33.2 Å². The van der Waals surface area contributed by atoms with E-state index in [2.05, 4.69) is 16.4 Å². The van der Waals surface area contributed by atoms with Gasteiger partial charge in [0.1, 0.15) is 10.4 Å². The molecule has 1 amide bonds. The van der Waals surface area contributed by atoms with Gasteiger partial charge in [-0.1, -0.05) is 17.8 Å². The van der Waals surface area contributed by atoms with Crippen LogP contribution in [-0.2, 0) is 11.3 Å². The molecule has 4 rings (SSSR count). The molecule has 0 bridgehead atoms. The summed E-state index contributed by atoms with van der Waals surface area (Å²) in [6.07, 6.45) is 1.94. The number of hydrogen-bond acceptors (Lipinski definition) is 7. The van der Waals surface area contributed by atoms with Gasteiger partial charge in [-0.15, -0.1) is 22.7 Å². The first-order valence-electron chi connectivity index (χ1n) is 9.37. The lowest BCUT2D eigenvalue weighted by molar-refractivity contribution is -0.119. The number of carbonyl (C=O) groups excluding carboxylic acids is 1. The van der Waals surface area contributed by atoms with Crippen LogP contribution in [0.15, 0.2) is 32.8 Å². The molecular weight excluding hydrogens is 424 g/mol. The van der Waals surface area contributed by atoms with Crippen molar-refractivity contribution in [2.75, 3.05) is 5.75 Å². The number of amides is 1. The van der Waals surface area contributed by atoms with Crippen LogP contribution in [0.3, 0.4) is 0 Å². The van der Waals surface area contributed by atoms with Crippen LogP contribution in [0.25, 0.3) is 20.7 Å². The Kier molecular flexibility index (Phi) is 5.51. The van der Waals surface area contributed by atoms with E-state index in [0.29, 0.717) is 21.9 Å². The summed E-state index contributed by atoms with van der Waals surface area (Å²) in [5.74, 6) is 0.130. The molecule has 0 aromatic carbocycles. The highest BCUT2D eigenvalue weighted by Crippen LogP contribution is 2.39. The Morgan fingerprint density at radius 1 is 1.48 bits per heavy atom. The molecule has 1 fully saturated rings. The van der Waals surface area contributed by atoms with Crippen molar-refractivity contribution in [2.45, 2.75) is 43.9 Å². The second-order valence-corrected chi connectivity index (χ2v) is 9.92. The third-order valence-electron chi connectivity index (χ3n) is 5.12. The number of aromatic nitrogens is 2. The van der Waals surface area contributed by atoms with E-state index in [4.69, 9.17) is 0 Å². The minimum Gasteiger partial charge on any atom is -0.337 e.